The molecule has 2 aromatic heterocycles. The summed E-state index contributed by atoms with van der Waals surface area (Å²) < 4.78 is 3.88. The highest BCUT2D eigenvalue weighted by Crippen LogP contribution is 2.22. The Hall–Kier alpha value is -2.15. The number of amides is 1. The van der Waals surface area contributed by atoms with Gasteiger partial charge >= 0.3 is 0 Å². The van der Waals surface area contributed by atoms with Gasteiger partial charge in [0.2, 0.25) is 5.91 Å². The van der Waals surface area contributed by atoms with Crippen molar-refractivity contribution in [2.75, 3.05) is 26.7 Å². The fourth-order valence-electron chi connectivity index (χ4n) is 3.66. The van der Waals surface area contributed by atoms with E-state index in [2.05, 4.69) is 28.5 Å². The van der Waals surface area contributed by atoms with E-state index < -0.39 is 0 Å². The minimum atomic E-state index is 0.104. The molecule has 1 atom stereocenters. The Balaban J connectivity index is 1.50. The van der Waals surface area contributed by atoms with Gasteiger partial charge in [0.25, 0.3) is 0 Å². The molecule has 1 aliphatic heterocycles. The lowest BCUT2D eigenvalue weighted by Gasteiger charge is -2.24. The molecule has 1 N–H and O–H groups in total. The van der Waals surface area contributed by atoms with E-state index in [1.807, 2.05) is 29.4 Å². The molecule has 0 aliphatic carbocycles. The van der Waals surface area contributed by atoms with Crippen molar-refractivity contribution in [3.05, 3.63) is 35.4 Å². The van der Waals surface area contributed by atoms with Crippen LogP contribution in [0, 0.1) is 13.8 Å². The Morgan fingerprint density at radius 1 is 1.38 bits per heavy atom. The minimum Gasteiger partial charge on any atom is -0.344 e. The van der Waals surface area contributed by atoms with Crippen LogP contribution in [0.25, 0.3) is 0 Å². The number of rotatable bonds is 7. The number of carbonyl (C=O) groups excluding carboxylic acids is 1. The number of aromatic nitrogens is 4. The van der Waals surface area contributed by atoms with E-state index in [4.69, 9.17) is 0 Å². The molecule has 0 bridgehead atoms. The summed E-state index contributed by atoms with van der Waals surface area (Å²) >= 11 is 0. The molecule has 3 heterocycles. The van der Waals surface area contributed by atoms with Crippen LogP contribution in [-0.4, -0.2) is 57.1 Å². The molecule has 0 radical (unpaired) electrons. The molecular weight excluding hydrogens is 328 g/mol. The van der Waals surface area contributed by atoms with Gasteiger partial charge in [0.15, 0.2) is 0 Å². The molecule has 2 aromatic rings. The van der Waals surface area contributed by atoms with Gasteiger partial charge in [-0.15, -0.1) is 0 Å². The molecule has 0 spiro atoms. The van der Waals surface area contributed by atoms with Crippen molar-refractivity contribution < 1.29 is 4.79 Å². The first-order valence-electron chi connectivity index (χ1n) is 9.52. The topological polar surface area (TPSA) is 68.0 Å². The molecule has 0 aromatic carbocycles. The molecule has 1 saturated heterocycles. The average molecular weight is 358 g/mol. The lowest BCUT2D eigenvalue weighted by molar-refractivity contribution is -0.130. The van der Waals surface area contributed by atoms with Gasteiger partial charge in [-0.1, -0.05) is 0 Å². The minimum absolute atomic E-state index is 0.104. The molecule has 142 valence electrons. The standard InChI is InChI=1S/C19H30N6O/c1-15-12-16(2)24(22-15)11-5-10-23(3)19(26)14-25-18(7-9-21-25)17-6-4-8-20-13-17/h7,9,12,17,20H,4-6,8,10-11,13-14H2,1-3H3. The predicted molar refractivity (Wildman–Crippen MR) is 101 cm³/mol. The maximum Gasteiger partial charge on any atom is 0.244 e. The van der Waals surface area contributed by atoms with Gasteiger partial charge in [-0.2, -0.15) is 10.2 Å². The fraction of sp³-hybridized carbons (Fsp3) is 0.632. The van der Waals surface area contributed by atoms with Gasteiger partial charge in [0.05, 0.1) is 5.69 Å². The van der Waals surface area contributed by atoms with Crippen LogP contribution in [0.1, 0.15) is 42.3 Å². The average Bonchev–Trinajstić information content (AvgIpc) is 3.21. The second-order valence-corrected chi connectivity index (χ2v) is 7.28. The molecule has 26 heavy (non-hydrogen) atoms. The van der Waals surface area contributed by atoms with E-state index in [1.165, 1.54) is 17.8 Å². The number of piperidine rings is 1. The normalized spacial score (nSPS) is 17.4. The summed E-state index contributed by atoms with van der Waals surface area (Å²) in [4.78, 5) is 14.4. The fourth-order valence-corrected chi connectivity index (χ4v) is 3.66. The Kier molecular flexibility index (Phi) is 6.08. The Labute approximate surface area is 155 Å². The van der Waals surface area contributed by atoms with Crippen molar-refractivity contribution in [2.24, 2.45) is 0 Å². The third-order valence-corrected chi connectivity index (χ3v) is 5.14. The molecule has 7 nitrogen and oxygen atoms in total. The van der Waals surface area contributed by atoms with Crippen molar-refractivity contribution in [1.82, 2.24) is 29.8 Å². The maximum atomic E-state index is 12.6. The molecule has 1 unspecified atom stereocenters. The van der Waals surface area contributed by atoms with Crippen LogP contribution < -0.4 is 5.32 Å². The Morgan fingerprint density at radius 2 is 2.23 bits per heavy atom. The maximum absolute atomic E-state index is 12.6. The molecular formula is C19H30N6O. The number of aryl methyl sites for hydroxylation is 3. The summed E-state index contributed by atoms with van der Waals surface area (Å²) in [5, 5.41) is 12.3. The number of likely N-dealkylation sites (N-methyl/N-ethyl adjacent to an activating group) is 1. The van der Waals surface area contributed by atoms with E-state index in [0.717, 1.165) is 44.7 Å². The van der Waals surface area contributed by atoms with Crippen LogP contribution in [0.15, 0.2) is 18.3 Å². The first-order chi connectivity index (χ1) is 12.5. The summed E-state index contributed by atoms with van der Waals surface area (Å²) in [6.45, 7) is 7.99. The monoisotopic (exact) mass is 358 g/mol. The highest BCUT2D eigenvalue weighted by atomic mass is 16.2. The van der Waals surface area contributed by atoms with Crippen molar-refractivity contribution >= 4 is 5.91 Å². The van der Waals surface area contributed by atoms with E-state index in [0.29, 0.717) is 12.5 Å². The van der Waals surface area contributed by atoms with Crippen molar-refractivity contribution in [3.63, 3.8) is 0 Å². The summed E-state index contributed by atoms with van der Waals surface area (Å²) in [6, 6.07) is 4.13. The second-order valence-electron chi connectivity index (χ2n) is 7.28. The van der Waals surface area contributed by atoms with Crippen LogP contribution >= 0.6 is 0 Å². The highest BCUT2D eigenvalue weighted by Gasteiger charge is 2.20. The van der Waals surface area contributed by atoms with E-state index >= 15 is 0 Å². The molecule has 0 saturated carbocycles. The number of carbonyl (C=O) groups is 1. The third kappa shape index (κ3) is 4.52. The zero-order valence-electron chi connectivity index (χ0n) is 16.1. The quantitative estimate of drug-likeness (QED) is 0.818. The van der Waals surface area contributed by atoms with Crippen LogP contribution in [0.3, 0.4) is 0 Å². The van der Waals surface area contributed by atoms with Gasteiger partial charge in [0.1, 0.15) is 6.54 Å². The zero-order chi connectivity index (χ0) is 18.5. The summed E-state index contributed by atoms with van der Waals surface area (Å²) in [7, 11) is 1.87. The number of hydrogen-bond acceptors (Lipinski definition) is 4. The Morgan fingerprint density at radius 3 is 2.92 bits per heavy atom. The number of nitrogens with one attached hydrogen (secondary N) is 1. The largest absolute Gasteiger partial charge is 0.344 e. The first kappa shape index (κ1) is 18.6. The smallest absolute Gasteiger partial charge is 0.244 e. The zero-order valence-corrected chi connectivity index (χ0v) is 16.1. The van der Waals surface area contributed by atoms with Crippen LogP contribution in [0.4, 0.5) is 0 Å². The van der Waals surface area contributed by atoms with E-state index in [-0.39, 0.29) is 5.91 Å². The number of hydrogen-bond donors (Lipinski definition) is 1. The Bertz CT molecular complexity index is 728. The van der Waals surface area contributed by atoms with E-state index in [1.54, 1.807) is 11.1 Å². The molecule has 1 amide bonds. The van der Waals surface area contributed by atoms with Gasteiger partial charge in [-0.3, -0.25) is 14.2 Å². The lowest BCUT2D eigenvalue weighted by atomic mass is 9.96. The van der Waals surface area contributed by atoms with Gasteiger partial charge < -0.3 is 10.2 Å². The molecule has 7 heteroatoms. The second kappa shape index (κ2) is 8.49. The van der Waals surface area contributed by atoms with E-state index in [9.17, 15) is 4.79 Å². The van der Waals surface area contributed by atoms with Crippen molar-refractivity contribution in [1.29, 1.82) is 0 Å². The predicted octanol–water partition coefficient (Wildman–Crippen LogP) is 1.71. The van der Waals surface area contributed by atoms with Crippen LogP contribution in [0.2, 0.25) is 0 Å². The van der Waals surface area contributed by atoms with Crippen molar-refractivity contribution in [2.45, 2.75) is 52.1 Å². The van der Waals surface area contributed by atoms with Gasteiger partial charge in [-0.05, 0) is 51.8 Å². The first-order valence-corrected chi connectivity index (χ1v) is 9.52. The molecule has 1 fully saturated rings. The van der Waals surface area contributed by atoms with Crippen molar-refractivity contribution in [3.8, 4) is 0 Å². The summed E-state index contributed by atoms with van der Waals surface area (Å²) in [5.74, 6) is 0.558. The van der Waals surface area contributed by atoms with Gasteiger partial charge in [-0.25, -0.2) is 0 Å². The third-order valence-electron chi connectivity index (χ3n) is 5.14. The summed E-state index contributed by atoms with van der Waals surface area (Å²) in [6.07, 6.45) is 5.03. The van der Waals surface area contributed by atoms with Gasteiger partial charge in [0, 0.05) is 50.2 Å². The molecule has 3 rings (SSSR count). The molecule has 1 aliphatic rings. The van der Waals surface area contributed by atoms with Crippen LogP contribution in [0.5, 0.6) is 0 Å². The SMILES string of the molecule is Cc1cc(C)n(CCCN(C)C(=O)Cn2nccc2C2CCCNC2)n1. The van der Waals surface area contributed by atoms with Crippen LogP contribution in [-0.2, 0) is 17.9 Å². The lowest BCUT2D eigenvalue weighted by Crippen LogP contribution is -2.34. The number of nitrogens with zero attached hydrogens (tertiary/aromatic N) is 5. The summed E-state index contributed by atoms with van der Waals surface area (Å²) in [5.41, 5.74) is 3.37. The highest BCUT2D eigenvalue weighted by molar-refractivity contribution is 5.75.